The molecule has 152 valence electrons. The van der Waals surface area contributed by atoms with E-state index in [0.29, 0.717) is 29.4 Å². The van der Waals surface area contributed by atoms with Gasteiger partial charge in [0.25, 0.3) is 0 Å². The molecule has 1 aliphatic rings. The van der Waals surface area contributed by atoms with Crippen molar-refractivity contribution in [3.63, 3.8) is 0 Å². The van der Waals surface area contributed by atoms with Crippen LogP contribution in [-0.4, -0.2) is 37.2 Å². The molecule has 0 aliphatic carbocycles. The number of benzene rings is 2. The normalized spacial score (nSPS) is 16.6. The van der Waals surface area contributed by atoms with Gasteiger partial charge in [0.2, 0.25) is 0 Å². The molecule has 0 radical (unpaired) electrons. The Balaban J connectivity index is 1.97. The molecule has 7 heteroatoms. The summed E-state index contributed by atoms with van der Waals surface area (Å²) < 4.78 is 10.3. The van der Waals surface area contributed by atoms with Crippen LogP contribution in [0.5, 0.6) is 0 Å². The van der Waals surface area contributed by atoms with E-state index in [2.05, 4.69) is 5.32 Å². The summed E-state index contributed by atoms with van der Waals surface area (Å²) >= 11 is 5.99. The van der Waals surface area contributed by atoms with Gasteiger partial charge in [0, 0.05) is 17.8 Å². The lowest BCUT2D eigenvalue weighted by molar-refractivity contribution is -0.140. The van der Waals surface area contributed by atoms with E-state index >= 15 is 0 Å². The van der Waals surface area contributed by atoms with Crippen molar-refractivity contribution in [1.29, 1.82) is 0 Å². The molecule has 0 saturated heterocycles. The van der Waals surface area contributed by atoms with Crippen molar-refractivity contribution in [3.05, 3.63) is 82.0 Å². The standard InChI is InChI=1S/C22H23ClN2O4/c1-15-19(21(26)29-13-12-28-2)20(17-8-10-18(23)11-9-17)24-22(27)25(15)14-16-6-4-3-5-7-16/h3-11,20H,12-14H2,1-2H3,(H,24,27). The Morgan fingerprint density at radius 3 is 2.45 bits per heavy atom. The van der Waals surface area contributed by atoms with Crippen LogP contribution >= 0.6 is 11.6 Å². The number of urea groups is 1. The highest BCUT2D eigenvalue weighted by atomic mass is 35.5. The van der Waals surface area contributed by atoms with Crippen LogP contribution in [-0.2, 0) is 20.8 Å². The minimum atomic E-state index is -0.623. The van der Waals surface area contributed by atoms with Crippen LogP contribution < -0.4 is 5.32 Å². The highest BCUT2D eigenvalue weighted by molar-refractivity contribution is 6.30. The Kier molecular flexibility index (Phi) is 6.90. The third-order valence-electron chi connectivity index (χ3n) is 4.72. The number of carbonyl (C=O) groups is 2. The fraction of sp³-hybridized carbons (Fsp3) is 0.273. The van der Waals surface area contributed by atoms with E-state index in [9.17, 15) is 9.59 Å². The molecule has 6 nitrogen and oxygen atoms in total. The molecule has 0 fully saturated rings. The first-order chi connectivity index (χ1) is 14.0. The number of carbonyl (C=O) groups excluding carboxylic acids is 2. The predicted molar refractivity (Wildman–Crippen MR) is 110 cm³/mol. The second-order valence-electron chi connectivity index (χ2n) is 6.63. The van der Waals surface area contributed by atoms with Crippen molar-refractivity contribution in [3.8, 4) is 0 Å². The molecule has 3 rings (SSSR count). The quantitative estimate of drug-likeness (QED) is 0.547. The van der Waals surface area contributed by atoms with E-state index in [0.717, 1.165) is 11.1 Å². The number of ether oxygens (including phenoxy) is 2. The maximum Gasteiger partial charge on any atom is 0.338 e. The fourth-order valence-corrected chi connectivity index (χ4v) is 3.33. The molecule has 2 aromatic rings. The Morgan fingerprint density at radius 2 is 1.79 bits per heavy atom. The van der Waals surface area contributed by atoms with Crippen LogP contribution in [0.1, 0.15) is 24.1 Å². The molecule has 1 N–H and O–H groups in total. The molecule has 1 atom stereocenters. The Hall–Kier alpha value is -2.83. The van der Waals surface area contributed by atoms with Gasteiger partial charge in [-0.3, -0.25) is 4.90 Å². The summed E-state index contributed by atoms with van der Waals surface area (Å²) in [6.07, 6.45) is 0. The van der Waals surface area contributed by atoms with Crippen LogP contribution in [0.15, 0.2) is 65.9 Å². The van der Waals surface area contributed by atoms with Gasteiger partial charge in [0.15, 0.2) is 0 Å². The predicted octanol–water partition coefficient (Wildman–Crippen LogP) is 4.07. The number of rotatable bonds is 7. The summed E-state index contributed by atoms with van der Waals surface area (Å²) in [6, 6.07) is 15.7. The highest BCUT2D eigenvalue weighted by Crippen LogP contribution is 2.32. The van der Waals surface area contributed by atoms with Crippen LogP contribution in [0.2, 0.25) is 5.02 Å². The molecule has 1 heterocycles. The van der Waals surface area contributed by atoms with Gasteiger partial charge in [-0.2, -0.15) is 0 Å². The number of allylic oxidation sites excluding steroid dienone is 1. The number of methoxy groups -OCH3 is 1. The molecular weight excluding hydrogens is 392 g/mol. The van der Waals surface area contributed by atoms with Gasteiger partial charge in [0.05, 0.1) is 24.8 Å². The Labute approximate surface area is 175 Å². The van der Waals surface area contributed by atoms with Gasteiger partial charge in [0.1, 0.15) is 6.61 Å². The maximum absolute atomic E-state index is 12.9. The summed E-state index contributed by atoms with van der Waals surface area (Å²) in [6.45, 7) is 2.54. The summed E-state index contributed by atoms with van der Waals surface area (Å²) in [5, 5.41) is 3.50. The minimum Gasteiger partial charge on any atom is -0.460 e. The number of esters is 1. The molecule has 1 unspecified atom stereocenters. The summed E-state index contributed by atoms with van der Waals surface area (Å²) in [4.78, 5) is 27.3. The minimum absolute atomic E-state index is 0.131. The average molecular weight is 415 g/mol. The summed E-state index contributed by atoms with van der Waals surface area (Å²) in [5.74, 6) is -0.488. The first-order valence-electron chi connectivity index (χ1n) is 9.25. The van der Waals surface area contributed by atoms with Crippen LogP contribution in [0.25, 0.3) is 0 Å². The lowest BCUT2D eigenvalue weighted by Gasteiger charge is -2.35. The lowest BCUT2D eigenvalue weighted by atomic mass is 9.94. The zero-order valence-corrected chi connectivity index (χ0v) is 17.1. The second-order valence-corrected chi connectivity index (χ2v) is 7.07. The molecule has 2 amide bonds. The van der Waals surface area contributed by atoms with Gasteiger partial charge < -0.3 is 14.8 Å². The van der Waals surface area contributed by atoms with Crippen LogP contribution in [0.3, 0.4) is 0 Å². The Morgan fingerprint density at radius 1 is 1.10 bits per heavy atom. The molecule has 1 aliphatic heterocycles. The third kappa shape index (κ3) is 4.96. The number of hydrogen-bond acceptors (Lipinski definition) is 4. The Bertz CT molecular complexity index is 897. The van der Waals surface area contributed by atoms with Crippen LogP contribution in [0.4, 0.5) is 4.79 Å². The van der Waals surface area contributed by atoms with Crippen molar-refractivity contribution in [2.75, 3.05) is 20.3 Å². The van der Waals surface area contributed by atoms with Gasteiger partial charge in [-0.15, -0.1) is 0 Å². The number of nitrogens with zero attached hydrogens (tertiary/aromatic N) is 1. The molecular formula is C22H23ClN2O4. The zero-order valence-electron chi connectivity index (χ0n) is 16.4. The second kappa shape index (κ2) is 9.58. The largest absolute Gasteiger partial charge is 0.460 e. The average Bonchev–Trinajstić information content (AvgIpc) is 2.72. The van der Waals surface area contributed by atoms with E-state index in [1.54, 1.807) is 36.1 Å². The van der Waals surface area contributed by atoms with Gasteiger partial charge in [-0.05, 0) is 30.2 Å². The van der Waals surface area contributed by atoms with Gasteiger partial charge in [-0.25, -0.2) is 9.59 Å². The highest BCUT2D eigenvalue weighted by Gasteiger charge is 2.36. The van der Waals surface area contributed by atoms with E-state index in [4.69, 9.17) is 21.1 Å². The molecule has 0 bridgehead atoms. The zero-order chi connectivity index (χ0) is 20.8. The number of hydrogen-bond donors (Lipinski definition) is 1. The summed E-state index contributed by atoms with van der Waals surface area (Å²) in [7, 11) is 1.54. The fourth-order valence-electron chi connectivity index (χ4n) is 3.20. The van der Waals surface area contributed by atoms with Gasteiger partial charge in [-0.1, -0.05) is 54.1 Å². The van der Waals surface area contributed by atoms with E-state index in [-0.39, 0.29) is 12.6 Å². The monoisotopic (exact) mass is 414 g/mol. The third-order valence-corrected chi connectivity index (χ3v) is 4.98. The molecule has 0 spiro atoms. The van der Waals surface area contributed by atoms with Crippen molar-refractivity contribution in [2.24, 2.45) is 0 Å². The molecule has 2 aromatic carbocycles. The summed E-state index contributed by atoms with van der Waals surface area (Å²) in [5.41, 5.74) is 2.65. The van der Waals surface area contributed by atoms with Gasteiger partial charge >= 0.3 is 12.0 Å². The van der Waals surface area contributed by atoms with Crippen molar-refractivity contribution >= 4 is 23.6 Å². The van der Waals surface area contributed by atoms with Crippen LogP contribution in [0, 0.1) is 0 Å². The number of nitrogens with one attached hydrogen (secondary N) is 1. The number of amides is 2. The van der Waals surface area contributed by atoms with Crippen molar-refractivity contribution in [2.45, 2.75) is 19.5 Å². The molecule has 29 heavy (non-hydrogen) atoms. The first-order valence-corrected chi connectivity index (χ1v) is 9.63. The lowest BCUT2D eigenvalue weighted by Crippen LogP contribution is -2.47. The SMILES string of the molecule is COCCOC(=O)C1=C(C)N(Cc2ccccc2)C(=O)NC1c1ccc(Cl)cc1. The van der Waals surface area contributed by atoms with Crippen molar-refractivity contribution < 1.29 is 19.1 Å². The number of halogens is 1. The van der Waals surface area contributed by atoms with E-state index in [1.807, 2.05) is 30.3 Å². The topological polar surface area (TPSA) is 67.9 Å². The maximum atomic E-state index is 12.9. The smallest absolute Gasteiger partial charge is 0.338 e. The van der Waals surface area contributed by atoms with E-state index in [1.165, 1.54) is 7.11 Å². The molecule has 0 saturated carbocycles. The first kappa shape index (κ1) is 20.9. The van der Waals surface area contributed by atoms with Crippen molar-refractivity contribution in [1.82, 2.24) is 10.2 Å². The molecule has 0 aromatic heterocycles. The van der Waals surface area contributed by atoms with E-state index < -0.39 is 12.0 Å².